The maximum Gasteiger partial charge on any atom is 0.259 e. The number of H-pyrrole nitrogens is 1. The molecule has 4 aromatic rings. The molecule has 31 heavy (non-hydrogen) atoms. The average molecular weight is 454 g/mol. The lowest BCUT2D eigenvalue weighted by Crippen LogP contribution is -2.05. The number of nitrogens with one attached hydrogen (secondary N) is 2. The summed E-state index contributed by atoms with van der Waals surface area (Å²) in [5.41, 5.74) is 2.87. The van der Waals surface area contributed by atoms with Gasteiger partial charge in [-0.1, -0.05) is 42.1 Å². The van der Waals surface area contributed by atoms with Crippen molar-refractivity contribution in [3.63, 3.8) is 0 Å². The molecule has 0 bridgehead atoms. The molecule has 1 heterocycles. The smallest absolute Gasteiger partial charge is 0.259 e. The van der Waals surface area contributed by atoms with Crippen molar-refractivity contribution in [3.8, 4) is 11.5 Å². The monoisotopic (exact) mass is 453 g/mol. The van der Waals surface area contributed by atoms with Crippen LogP contribution in [0, 0.1) is 0 Å². The molecular formula is C22H19N3O4S2. The van der Waals surface area contributed by atoms with E-state index in [9.17, 15) is 9.00 Å². The normalized spacial score (nSPS) is 11.9. The van der Waals surface area contributed by atoms with Crippen molar-refractivity contribution in [2.24, 2.45) is 0 Å². The predicted octanol–water partition coefficient (Wildman–Crippen LogP) is 4.81. The number of para-hydroxylation sites is 1. The van der Waals surface area contributed by atoms with Gasteiger partial charge < -0.3 is 9.72 Å². The van der Waals surface area contributed by atoms with E-state index in [1.807, 2.05) is 54.6 Å². The second kappa shape index (κ2) is 9.78. The summed E-state index contributed by atoms with van der Waals surface area (Å²) in [6, 6.07) is 22.1. The largest absolute Gasteiger partial charge is 0.457 e. The Kier molecular flexibility index (Phi) is 6.66. The third kappa shape index (κ3) is 5.94. The molecule has 3 aromatic carbocycles. The number of Topliss-reactive ketones (excluding diaryl/α,β-unsaturated/α-hetero) is 1. The van der Waals surface area contributed by atoms with Crippen molar-refractivity contribution in [3.05, 3.63) is 78.4 Å². The standard InChI is InChI=1S/C22H19N3O4S2/c26-17(12-15-6-9-19(10-7-15)29-18-4-2-1-3-5-18)14-30-22-23-20-11-8-16(25-31(27)28)13-21(20)24-22/h1-11,13,25H,12,14H2,(H,23,24)(H,27,28). The first-order valence-electron chi connectivity index (χ1n) is 9.39. The number of hydrogen-bond acceptors (Lipinski definition) is 5. The van der Waals surface area contributed by atoms with Gasteiger partial charge in [0.05, 0.1) is 22.5 Å². The summed E-state index contributed by atoms with van der Waals surface area (Å²) in [6.07, 6.45) is 0.329. The number of nitrogens with zero attached hydrogens (tertiary/aromatic N) is 1. The van der Waals surface area contributed by atoms with Crippen LogP contribution in [0.3, 0.4) is 0 Å². The summed E-state index contributed by atoms with van der Waals surface area (Å²) in [5.74, 6) is 1.85. The molecule has 7 nitrogen and oxygen atoms in total. The van der Waals surface area contributed by atoms with Gasteiger partial charge in [0.15, 0.2) is 5.16 Å². The molecule has 3 N–H and O–H groups in total. The number of imidazole rings is 1. The van der Waals surface area contributed by atoms with Gasteiger partial charge in [-0.2, -0.15) is 0 Å². The predicted molar refractivity (Wildman–Crippen MR) is 123 cm³/mol. The number of carbonyl (C=O) groups excluding carboxylic acids is 1. The second-order valence-electron chi connectivity index (χ2n) is 6.69. The molecule has 0 amide bonds. The highest BCUT2D eigenvalue weighted by Gasteiger charge is 2.09. The van der Waals surface area contributed by atoms with Gasteiger partial charge in [-0.25, -0.2) is 9.19 Å². The Hall–Kier alpha value is -3.14. The molecule has 0 spiro atoms. The van der Waals surface area contributed by atoms with E-state index in [2.05, 4.69) is 14.7 Å². The molecule has 4 rings (SSSR count). The van der Waals surface area contributed by atoms with Gasteiger partial charge in [-0.15, -0.1) is 0 Å². The van der Waals surface area contributed by atoms with E-state index in [4.69, 9.17) is 9.29 Å². The average Bonchev–Trinajstić information content (AvgIpc) is 3.16. The van der Waals surface area contributed by atoms with E-state index in [1.54, 1.807) is 18.2 Å². The van der Waals surface area contributed by atoms with E-state index in [0.717, 1.165) is 28.1 Å². The zero-order valence-electron chi connectivity index (χ0n) is 16.3. The fourth-order valence-corrected chi connectivity index (χ4v) is 4.02. The molecule has 158 valence electrons. The summed E-state index contributed by atoms with van der Waals surface area (Å²) >= 11 is -0.808. The third-order valence-corrected chi connectivity index (χ3v) is 5.68. The van der Waals surface area contributed by atoms with Crippen LogP contribution in [0.2, 0.25) is 0 Å². The van der Waals surface area contributed by atoms with Crippen LogP contribution in [0.25, 0.3) is 11.0 Å². The number of hydrogen-bond donors (Lipinski definition) is 3. The van der Waals surface area contributed by atoms with Crippen LogP contribution in [0.15, 0.2) is 78.0 Å². The SMILES string of the molecule is O=C(CSc1nc2ccc(NS(=O)O)cc2[nH]1)Cc1ccc(Oc2ccccc2)cc1. The minimum absolute atomic E-state index is 0.0835. The van der Waals surface area contributed by atoms with Gasteiger partial charge >= 0.3 is 0 Å². The van der Waals surface area contributed by atoms with Gasteiger partial charge in [-0.3, -0.25) is 14.1 Å². The summed E-state index contributed by atoms with van der Waals surface area (Å²) in [5, 5.41) is 0.622. The van der Waals surface area contributed by atoms with Crippen molar-refractivity contribution < 1.29 is 18.3 Å². The number of ether oxygens (including phenoxy) is 1. The van der Waals surface area contributed by atoms with Crippen LogP contribution >= 0.6 is 11.8 Å². The van der Waals surface area contributed by atoms with Crippen LogP contribution in [0.1, 0.15) is 5.56 Å². The van der Waals surface area contributed by atoms with Gasteiger partial charge in [0.1, 0.15) is 17.3 Å². The molecular weight excluding hydrogens is 434 g/mol. The molecule has 1 unspecified atom stereocenters. The highest BCUT2D eigenvalue weighted by molar-refractivity contribution is 7.99. The number of fused-ring (bicyclic) bond motifs is 1. The van der Waals surface area contributed by atoms with Gasteiger partial charge in [-0.05, 0) is 48.0 Å². The first-order chi connectivity index (χ1) is 15.0. The van der Waals surface area contributed by atoms with E-state index in [0.29, 0.717) is 17.3 Å². The molecule has 0 saturated carbocycles. The Morgan fingerprint density at radius 2 is 1.81 bits per heavy atom. The van der Waals surface area contributed by atoms with Crippen LogP contribution in [0.4, 0.5) is 5.69 Å². The topological polar surface area (TPSA) is 104 Å². The minimum Gasteiger partial charge on any atom is -0.457 e. The first-order valence-corrected chi connectivity index (χ1v) is 11.5. The number of anilines is 1. The van der Waals surface area contributed by atoms with Crippen LogP contribution < -0.4 is 9.46 Å². The quantitative estimate of drug-likeness (QED) is 0.248. The molecule has 0 aliphatic rings. The Morgan fingerprint density at radius 1 is 1.06 bits per heavy atom. The number of rotatable bonds is 9. The lowest BCUT2D eigenvalue weighted by atomic mass is 10.1. The van der Waals surface area contributed by atoms with E-state index < -0.39 is 11.3 Å². The summed E-state index contributed by atoms with van der Waals surface area (Å²) in [7, 11) is 0. The highest BCUT2D eigenvalue weighted by atomic mass is 32.2. The summed E-state index contributed by atoms with van der Waals surface area (Å²) in [4.78, 5) is 19.9. The number of benzene rings is 3. The fraction of sp³-hybridized carbons (Fsp3) is 0.0909. The minimum atomic E-state index is -2.14. The van der Waals surface area contributed by atoms with Gasteiger partial charge in [0.2, 0.25) is 0 Å². The Balaban J connectivity index is 1.31. The van der Waals surface area contributed by atoms with Crippen molar-refractivity contribution in [1.82, 2.24) is 9.97 Å². The van der Waals surface area contributed by atoms with E-state index in [1.165, 1.54) is 11.8 Å². The highest BCUT2D eigenvalue weighted by Crippen LogP contribution is 2.24. The number of aromatic amines is 1. The Bertz CT molecular complexity index is 1210. The molecule has 1 aromatic heterocycles. The zero-order chi connectivity index (χ0) is 21.6. The van der Waals surface area contributed by atoms with Gasteiger partial charge in [0.25, 0.3) is 11.3 Å². The third-order valence-electron chi connectivity index (χ3n) is 4.34. The van der Waals surface area contributed by atoms with E-state index in [-0.39, 0.29) is 11.5 Å². The first kappa shape index (κ1) is 21.1. The van der Waals surface area contributed by atoms with Crippen LogP contribution in [-0.4, -0.2) is 30.3 Å². The summed E-state index contributed by atoms with van der Waals surface area (Å²) < 4.78 is 28.0. The number of ketones is 1. The fourth-order valence-electron chi connectivity index (χ4n) is 2.95. The number of aromatic nitrogens is 2. The molecule has 0 aliphatic heterocycles. The van der Waals surface area contributed by atoms with Crippen molar-refractivity contribution in [2.45, 2.75) is 11.6 Å². The van der Waals surface area contributed by atoms with Gasteiger partial charge in [0, 0.05) is 6.42 Å². The second-order valence-corrected chi connectivity index (χ2v) is 8.35. The molecule has 0 saturated heterocycles. The van der Waals surface area contributed by atoms with Crippen LogP contribution in [-0.2, 0) is 22.5 Å². The summed E-state index contributed by atoms with van der Waals surface area (Å²) in [6.45, 7) is 0. The van der Waals surface area contributed by atoms with Crippen LogP contribution in [0.5, 0.6) is 11.5 Å². The molecule has 9 heteroatoms. The number of thioether (sulfide) groups is 1. The maximum atomic E-state index is 12.4. The van der Waals surface area contributed by atoms with Crippen molar-refractivity contribution in [2.75, 3.05) is 10.5 Å². The molecule has 0 aliphatic carbocycles. The molecule has 0 radical (unpaired) electrons. The lowest BCUT2D eigenvalue weighted by molar-refractivity contribution is -0.116. The lowest BCUT2D eigenvalue weighted by Gasteiger charge is -2.06. The molecule has 0 fully saturated rings. The Labute approximate surface area is 185 Å². The van der Waals surface area contributed by atoms with Crippen molar-refractivity contribution in [1.29, 1.82) is 0 Å². The zero-order valence-corrected chi connectivity index (χ0v) is 17.9. The van der Waals surface area contributed by atoms with E-state index >= 15 is 0 Å². The maximum absolute atomic E-state index is 12.4. The number of carbonyl (C=O) groups is 1. The van der Waals surface area contributed by atoms with Crippen molar-refractivity contribution >= 4 is 45.5 Å². The molecule has 1 atom stereocenters. The Morgan fingerprint density at radius 3 is 2.55 bits per heavy atom.